The van der Waals surface area contributed by atoms with E-state index >= 15 is 0 Å². The van der Waals surface area contributed by atoms with Gasteiger partial charge in [-0.25, -0.2) is 0 Å². The molecule has 2 N–H and O–H groups in total. The molecule has 3 rings (SSSR count). The van der Waals surface area contributed by atoms with Gasteiger partial charge in [-0.05, 0) is 43.8 Å². The van der Waals surface area contributed by atoms with Crippen LogP contribution in [0.3, 0.4) is 0 Å². The third kappa shape index (κ3) is 5.69. The van der Waals surface area contributed by atoms with Crippen molar-refractivity contribution in [2.24, 2.45) is 23.7 Å². The Kier molecular flexibility index (Phi) is 9.46. The van der Waals surface area contributed by atoms with E-state index in [0.717, 1.165) is 5.57 Å². The van der Waals surface area contributed by atoms with E-state index in [-0.39, 0.29) is 77.6 Å². The van der Waals surface area contributed by atoms with Crippen LogP contribution in [-0.4, -0.2) is 34.5 Å². The van der Waals surface area contributed by atoms with Gasteiger partial charge in [-0.2, -0.15) is 0 Å². The normalized spacial score (nSPS) is 31.0. The van der Waals surface area contributed by atoms with E-state index in [1.165, 1.54) is 0 Å². The number of carboxylic acids is 1. The molecule has 1 fully saturated rings. The van der Waals surface area contributed by atoms with Crippen LogP contribution < -0.4 is 34.7 Å². The molecule has 2 aliphatic carbocycles. The molecule has 1 saturated heterocycles. The van der Waals surface area contributed by atoms with Crippen molar-refractivity contribution in [1.29, 1.82) is 0 Å². The minimum atomic E-state index is -1.03. The summed E-state index contributed by atoms with van der Waals surface area (Å²) in [5.74, 6) is 5.06. The number of rotatable bonds is 8. The quantitative estimate of drug-likeness (QED) is 0.312. The number of fused-ring (bicyclic) bond motifs is 3. The van der Waals surface area contributed by atoms with Crippen molar-refractivity contribution in [1.82, 2.24) is 0 Å². The summed E-state index contributed by atoms with van der Waals surface area (Å²) in [6.07, 6.45) is 12.5. The Hall–Kier alpha value is -1.29. The van der Waals surface area contributed by atoms with E-state index in [9.17, 15) is 20.1 Å². The number of ether oxygens (including phenoxy) is 1. The number of carboxylic acid groups (broad SMARTS) is 1. The van der Waals surface area contributed by atoms with Gasteiger partial charge in [0.1, 0.15) is 0 Å². The number of carbonyl (C=O) groups is 1. The molecule has 0 amide bonds. The number of aliphatic hydroxyl groups is 2. The van der Waals surface area contributed by atoms with Crippen molar-refractivity contribution in [2.75, 3.05) is 0 Å². The predicted octanol–water partition coefficient (Wildman–Crippen LogP) is -0.555. The molecule has 6 heteroatoms. The maximum Gasteiger partial charge on any atom is 1.00 e. The molecule has 0 bridgehead atoms. The first kappa shape index (κ1) is 25.0. The Labute approximate surface area is 200 Å². The maximum absolute atomic E-state index is 10.7. The van der Waals surface area contributed by atoms with Crippen molar-refractivity contribution in [3.63, 3.8) is 0 Å². The fourth-order valence-corrected chi connectivity index (χ4v) is 4.50. The number of hydrogen-bond donors (Lipinski definition) is 2. The van der Waals surface area contributed by atoms with Gasteiger partial charge in [0.15, 0.2) is 0 Å². The monoisotopic (exact) mass is 420 g/mol. The summed E-state index contributed by atoms with van der Waals surface area (Å²) in [6, 6.07) is 0. The fraction of sp³-hybridized carbons (Fsp3) is 0.542. The van der Waals surface area contributed by atoms with E-state index in [4.69, 9.17) is 4.74 Å². The van der Waals surface area contributed by atoms with Crippen LogP contribution in [0.1, 0.15) is 39.5 Å². The van der Waals surface area contributed by atoms with Gasteiger partial charge in [0.2, 0.25) is 0 Å². The third-order valence-corrected chi connectivity index (χ3v) is 6.12. The Morgan fingerprint density at radius 3 is 2.90 bits per heavy atom. The second-order valence-electron chi connectivity index (χ2n) is 8.13. The van der Waals surface area contributed by atoms with Gasteiger partial charge in [-0.3, -0.25) is 0 Å². The molecule has 30 heavy (non-hydrogen) atoms. The van der Waals surface area contributed by atoms with Crippen molar-refractivity contribution >= 4 is 5.97 Å². The van der Waals surface area contributed by atoms with Gasteiger partial charge in [0.25, 0.3) is 0 Å². The molecule has 7 atom stereocenters. The molecule has 3 aliphatic rings. The van der Waals surface area contributed by atoms with Crippen molar-refractivity contribution < 1.29 is 54.4 Å². The molecule has 1 aliphatic heterocycles. The first-order valence-electron chi connectivity index (χ1n) is 10.3. The molecule has 0 aromatic heterocycles. The predicted molar refractivity (Wildman–Crippen MR) is 108 cm³/mol. The molecule has 156 valence electrons. The molecule has 0 aromatic carbocycles. The molecule has 6 unspecified atom stereocenters. The summed E-state index contributed by atoms with van der Waals surface area (Å²) in [4.78, 5) is 10.7. The first-order chi connectivity index (χ1) is 13.9. The summed E-state index contributed by atoms with van der Waals surface area (Å²) in [5, 5.41) is 31.5. The van der Waals surface area contributed by atoms with Gasteiger partial charge in [-0.1, -0.05) is 37.3 Å². The Bertz CT molecular complexity index is 800. The van der Waals surface area contributed by atoms with Crippen LogP contribution in [0.15, 0.2) is 47.8 Å². The largest absolute Gasteiger partial charge is 1.00 e. The van der Waals surface area contributed by atoms with Crippen LogP contribution in [0.4, 0.5) is 0 Å². The van der Waals surface area contributed by atoms with E-state index < -0.39 is 12.1 Å². The maximum atomic E-state index is 10.7. The molecular weight excluding hydrogens is 391 g/mol. The van der Waals surface area contributed by atoms with E-state index in [0.29, 0.717) is 19.3 Å². The van der Waals surface area contributed by atoms with Gasteiger partial charge >= 0.3 is 29.6 Å². The van der Waals surface area contributed by atoms with Gasteiger partial charge in [0, 0.05) is 30.1 Å². The SMILES string of the molecule is CC#CCC(C)[C@H](O)/C=C/C1C(O)=CC2OC3C(CCCC(=O)[O-])=CC=CC3C21.[Na+]. The second-order valence-corrected chi connectivity index (χ2v) is 8.13. The summed E-state index contributed by atoms with van der Waals surface area (Å²) < 4.78 is 6.23. The molecule has 0 saturated carbocycles. The van der Waals surface area contributed by atoms with Gasteiger partial charge < -0.3 is 24.9 Å². The average molecular weight is 420 g/mol. The molecule has 0 aromatic rings. The van der Waals surface area contributed by atoms with Crippen molar-refractivity contribution in [2.45, 2.75) is 57.8 Å². The minimum absolute atomic E-state index is 0. The number of aliphatic carboxylic acids is 1. The Morgan fingerprint density at radius 1 is 1.43 bits per heavy atom. The summed E-state index contributed by atoms with van der Waals surface area (Å²) in [5.41, 5.74) is 1.09. The molecular formula is C24H29NaO5. The molecule has 0 radical (unpaired) electrons. The van der Waals surface area contributed by atoms with Crippen molar-refractivity contribution in [3.8, 4) is 11.8 Å². The Morgan fingerprint density at radius 2 is 2.20 bits per heavy atom. The summed E-state index contributed by atoms with van der Waals surface area (Å²) in [6.45, 7) is 3.74. The fourth-order valence-electron chi connectivity index (χ4n) is 4.50. The molecule has 5 nitrogen and oxygen atoms in total. The summed E-state index contributed by atoms with van der Waals surface area (Å²) >= 11 is 0. The number of aliphatic hydroxyl groups excluding tert-OH is 2. The number of hydrogen-bond acceptors (Lipinski definition) is 5. The van der Waals surface area contributed by atoms with Crippen LogP contribution in [0, 0.1) is 35.5 Å². The van der Waals surface area contributed by atoms with Crippen LogP contribution in [0.5, 0.6) is 0 Å². The zero-order valence-electron chi connectivity index (χ0n) is 18.0. The third-order valence-electron chi connectivity index (χ3n) is 6.12. The van der Waals surface area contributed by atoms with Gasteiger partial charge in [-0.15, -0.1) is 11.8 Å². The van der Waals surface area contributed by atoms with Crippen LogP contribution in [0.25, 0.3) is 0 Å². The van der Waals surface area contributed by atoms with E-state index in [1.807, 2.05) is 25.2 Å². The molecule has 1 heterocycles. The number of allylic oxidation sites excluding steroid dienone is 3. The first-order valence-corrected chi connectivity index (χ1v) is 10.3. The van der Waals surface area contributed by atoms with Gasteiger partial charge in [0.05, 0.1) is 24.1 Å². The van der Waals surface area contributed by atoms with Crippen LogP contribution >= 0.6 is 0 Å². The zero-order chi connectivity index (χ0) is 21.0. The van der Waals surface area contributed by atoms with Crippen LogP contribution in [-0.2, 0) is 9.53 Å². The summed E-state index contributed by atoms with van der Waals surface area (Å²) in [7, 11) is 0. The standard InChI is InChI=1S/C24H30O5.Na/c1-3-4-7-15(2)19(25)13-12-17-20(26)14-21-23(17)18-10-5-8-16(24(18)29-21)9-6-11-22(27)28;/h5,8,10,12-15,17-19,21,23-26H,6-7,9,11H2,1-2H3,(H,27,28);/q;+1/p-1/b13-12+;/t15?,17?,18?,19-,21?,23?,24?;/m1./s1. The van der Waals surface area contributed by atoms with E-state index in [2.05, 4.69) is 17.9 Å². The topological polar surface area (TPSA) is 89.8 Å². The average Bonchev–Trinajstić information content (AvgIpc) is 3.19. The zero-order valence-corrected chi connectivity index (χ0v) is 20.0. The van der Waals surface area contributed by atoms with Crippen LogP contribution in [0.2, 0.25) is 0 Å². The minimum Gasteiger partial charge on any atom is -0.550 e. The smallest absolute Gasteiger partial charge is 0.550 e. The van der Waals surface area contributed by atoms with Crippen molar-refractivity contribution in [3.05, 3.63) is 47.8 Å². The Balaban J connectivity index is 0.00000320. The number of carbonyl (C=O) groups excluding carboxylic acids is 1. The second kappa shape index (κ2) is 11.4. The van der Waals surface area contributed by atoms with E-state index in [1.54, 1.807) is 19.1 Å². The molecule has 0 spiro atoms.